The summed E-state index contributed by atoms with van der Waals surface area (Å²) in [6.45, 7) is -2.54. The largest absolute Gasteiger partial charge is 0.480 e. The molecule has 4 heterocycles. The number of hydrogen-bond acceptors (Lipinski definition) is 7. The quantitative estimate of drug-likeness (QED) is 0.329. The first-order chi connectivity index (χ1) is 19.0. The minimum atomic E-state index is -4.78. The minimum absolute atomic E-state index is 0.231. The Morgan fingerprint density at radius 2 is 1.89 bits per heavy atom. The Bertz CT molecular complexity index is 1710. The predicted octanol–water partition coefficient (Wildman–Crippen LogP) is 4.64. The Morgan fingerprint density at radius 1 is 1.08 bits per heavy atom. The molecule has 0 N–H and O–H groups in total. The zero-order chi connectivity index (χ0) is 28.2. The van der Waals surface area contributed by atoms with Gasteiger partial charge in [-0.3, -0.25) is 0 Å². The van der Waals surface area contributed by atoms with E-state index < -0.39 is 18.8 Å². The Morgan fingerprint density at radius 3 is 2.59 bits per heavy atom. The number of alkyl halides is 3. The van der Waals surface area contributed by atoms with Gasteiger partial charge in [0.2, 0.25) is 5.88 Å². The number of benzene rings is 1. The van der Waals surface area contributed by atoms with Gasteiger partial charge in [-0.05, 0) is 18.4 Å². The second-order valence-corrected chi connectivity index (χ2v) is 8.71. The summed E-state index contributed by atoms with van der Waals surface area (Å²) in [5.74, 6) is 0.817. The second kappa shape index (κ2) is 8.64. The molecule has 4 aromatic heterocycles. The summed E-state index contributed by atoms with van der Waals surface area (Å²) >= 11 is 0. The Balaban J connectivity index is 1.32. The summed E-state index contributed by atoms with van der Waals surface area (Å²) < 4.78 is 70.3. The van der Waals surface area contributed by atoms with Gasteiger partial charge in [0.25, 0.3) is 0 Å². The van der Waals surface area contributed by atoms with E-state index in [1.54, 1.807) is 29.2 Å². The summed E-state index contributed by atoms with van der Waals surface area (Å²) in [6, 6.07) is 6.41. The van der Waals surface area contributed by atoms with Crippen molar-refractivity contribution in [3.8, 4) is 28.7 Å². The number of ether oxygens (including phenoxy) is 1. The number of rotatable bonds is 6. The third-order valence-corrected chi connectivity index (χ3v) is 6.14. The topological polar surface area (TPSA) is 96.4 Å². The highest BCUT2D eigenvalue weighted by atomic mass is 19.4. The molecule has 12 heteroatoms. The van der Waals surface area contributed by atoms with Crippen molar-refractivity contribution < 1.29 is 22.0 Å². The number of methoxy groups -OCH3 is 1. The van der Waals surface area contributed by atoms with Crippen molar-refractivity contribution in [3.63, 3.8) is 0 Å². The van der Waals surface area contributed by atoms with E-state index in [2.05, 4.69) is 25.0 Å². The highest BCUT2D eigenvalue weighted by Crippen LogP contribution is 2.44. The molecule has 5 aromatic rings. The van der Waals surface area contributed by atoms with E-state index >= 15 is 0 Å². The van der Waals surface area contributed by atoms with Crippen LogP contribution in [-0.4, -0.2) is 46.4 Å². The lowest BCUT2D eigenvalue weighted by Gasteiger charge is -2.11. The van der Waals surface area contributed by atoms with E-state index in [9.17, 15) is 13.2 Å². The van der Waals surface area contributed by atoms with Crippen molar-refractivity contribution in [2.24, 2.45) is 6.98 Å². The first-order valence-electron chi connectivity index (χ1n) is 12.9. The van der Waals surface area contributed by atoms with Crippen LogP contribution >= 0.6 is 0 Å². The lowest BCUT2D eigenvalue weighted by atomic mass is 10.1. The SMILES string of the molecule is [2H]C([2H])([2H])n1cc(C(F)(F)F)nc1-c1ccc(Cn2ncc3cnc(-c4c(OC)ncnc4C4CC4)nc32)cc1. The molecule has 37 heavy (non-hydrogen) atoms. The van der Waals surface area contributed by atoms with Crippen LogP contribution < -0.4 is 4.74 Å². The number of nitrogens with zero attached hydrogens (tertiary/aromatic N) is 8. The predicted molar refractivity (Wildman–Crippen MR) is 128 cm³/mol. The lowest BCUT2D eigenvalue weighted by molar-refractivity contribution is -0.140. The van der Waals surface area contributed by atoms with E-state index in [0.29, 0.717) is 51.5 Å². The maximum absolute atomic E-state index is 13.2. The van der Waals surface area contributed by atoms with E-state index in [1.807, 2.05) is 0 Å². The maximum Gasteiger partial charge on any atom is 0.434 e. The molecule has 9 nitrogen and oxygen atoms in total. The molecule has 0 bridgehead atoms. The van der Waals surface area contributed by atoms with Gasteiger partial charge in [-0.2, -0.15) is 18.3 Å². The fourth-order valence-electron chi connectivity index (χ4n) is 4.17. The monoisotopic (exact) mass is 509 g/mol. The van der Waals surface area contributed by atoms with Crippen LogP contribution in [-0.2, 0) is 19.7 Å². The van der Waals surface area contributed by atoms with Crippen LogP contribution in [0.4, 0.5) is 13.2 Å². The molecule has 1 fully saturated rings. The number of hydrogen-bond donors (Lipinski definition) is 0. The number of halogens is 3. The van der Waals surface area contributed by atoms with Gasteiger partial charge in [-0.15, -0.1) is 0 Å². The molecule has 0 unspecified atom stereocenters. The van der Waals surface area contributed by atoms with Gasteiger partial charge < -0.3 is 9.30 Å². The van der Waals surface area contributed by atoms with Crippen LogP contribution in [0.25, 0.3) is 33.8 Å². The first kappa shape index (κ1) is 19.8. The number of imidazole rings is 1. The maximum atomic E-state index is 13.2. The molecule has 0 saturated heterocycles. The van der Waals surface area contributed by atoms with Crippen LogP contribution in [0, 0.1) is 0 Å². The van der Waals surface area contributed by atoms with Gasteiger partial charge in [-0.1, -0.05) is 24.3 Å². The molecule has 1 saturated carbocycles. The van der Waals surface area contributed by atoms with E-state index in [0.717, 1.165) is 24.1 Å². The van der Waals surface area contributed by atoms with Crippen LogP contribution in [0.5, 0.6) is 5.88 Å². The third-order valence-electron chi connectivity index (χ3n) is 6.14. The van der Waals surface area contributed by atoms with Crippen molar-refractivity contribution in [2.75, 3.05) is 7.11 Å². The van der Waals surface area contributed by atoms with Crippen molar-refractivity contribution in [1.82, 2.24) is 39.3 Å². The summed E-state index contributed by atoms with van der Waals surface area (Å²) in [5, 5.41) is 5.14. The van der Waals surface area contributed by atoms with Crippen LogP contribution in [0.3, 0.4) is 0 Å². The van der Waals surface area contributed by atoms with Crippen molar-refractivity contribution in [2.45, 2.75) is 31.5 Å². The van der Waals surface area contributed by atoms with Crippen LogP contribution in [0.15, 0.2) is 49.2 Å². The van der Waals surface area contributed by atoms with Gasteiger partial charge in [0.1, 0.15) is 17.7 Å². The van der Waals surface area contributed by atoms with Gasteiger partial charge in [0.15, 0.2) is 17.2 Å². The molecule has 0 amide bonds. The molecule has 6 rings (SSSR count). The number of fused-ring (bicyclic) bond motifs is 1. The zero-order valence-corrected chi connectivity index (χ0v) is 19.4. The molecule has 0 atom stereocenters. The molecule has 1 aliphatic rings. The average Bonchev–Trinajstić information content (AvgIpc) is 3.52. The first-order valence-corrected chi connectivity index (χ1v) is 11.4. The summed E-state index contributed by atoms with van der Waals surface area (Å²) in [6.07, 6.45) is 2.55. The summed E-state index contributed by atoms with van der Waals surface area (Å²) in [7, 11) is 1.53. The smallest absolute Gasteiger partial charge is 0.434 e. The molecular formula is C25H21F3N8O. The Kier molecular flexibility index (Phi) is 4.62. The third kappa shape index (κ3) is 4.28. The molecule has 1 aliphatic carbocycles. The molecule has 1 aromatic carbocycles. The van der Waals surface area contributed by atoms with Crippen molar-refractivity contribution in [1.29, 1.82) is 0 Å². The molecule has 0 aliphatic heterocycles. The average molecular weight is 510 g/mol. The molecule has 188 valence electrons. The lowest BCUT2D eigenvalue weighted by Crippen LogP contribution is -2.05. The fourth-order valence-corrected chi connectivity index (χ4v) is 4.17. The van der Waals surface area contributed by atoms with Crippen molar-refractivity contribution in [3.05, 3.63) is 66.1 Å². The standard InChI is InChI=1S/C25H21F3N8O/c1-35-12-18(25(26,27)28)33-22(35)16-5-3-14(4-6-16)11-36-23-17(10-32-36)9-29-21(34-23)19-20(15-7-8-15)30-13-31-24(19)37-2/h3-6,9-10,12-13,15H,7-8,11H2,1-2H3/i1D3. The summed E-state index contributed by atoms with van der Waals surface area (Å²) in [4.78, 5) is 21.5. The Labute approximate surface area is 213 Å². The van der Waals surface area contributed by atoms with Gasteiger partial charge in [0, 0.05) is 35.0 Å². The van der Waals surface area contributed by atoms with Gasteiger partial charge >= 0.3 is 6.18 Å². The highest BCUT2D eigenvalue weighted by Gasteiger charge is 2.34. The van der Waals surface area contributed by atoms with Crippen LogP contribution in [0.2, 0.25) is 0 Å². The molecular weight excluding hydrogens is 485 g/mol. The number of aryl methyl sites for hydroxylation is 1. The van der Waals surface area contributed by atoms with E-state index in [4.69, 9.17) is 13.8 Å². The zero-order valence-electron chi connectivity index (χ0n) is 22.4. The molecule has 0 spiro atoms. The number of aromatic nitrogens is 8. The van der Waals surface area contributed by atoms with E-state index in [1.165, 1.54) is 25.6 Å². The second-order valence-electron chi connectivity index (χ2n) is 8.71. The normalized spacial score (nSPS) is 15.4. The van der Waals surface area contributed by atoms with Gasteiger partial charge in [-0.25, -0.2) is 29.6 Å². The highest BCUT2D eigenvalue weighted by molar-refractivity contribution is 5.77. The molecule has 0 radical (unpaired) electrons. The fraction of sp³-hybridized carbons (Fsp3) is 0.280. The van der Waals surface area contributed by atoms with Gasteiger partial charge in [0.05, 0.1) is 30.9 Å². The Hall–Kier alpha value is -4.35. The van der Waals surface area contributed by atoms with E-state index in [-0.39, 0.29) is 11.4 Å². The minimum Gasteiger partial charge on any atom is -0.480 e. The summed E-state index contributed by atoms with van der Waals surface area (Å²) in [5.41, 5.74) is 1.78. The van der Waals surface area contributed by atoms with Crippen molar-refractivity contribution >= 4 is 11.0 Å². The van der Waals surface area contributed by atoms with Crippen LogP contribution in [0.1, 0.15) is 39.8 Å².